The minimum absolute atomic E-state index is 0.334. The van der Waals surface area contributed by atoms with Crippen molar-refractivity contribution in [3.63, 3.8) is 0 Å². The van der Waals surface area contributed by atoms with Gasteiger partial charge in [-0.15, -0.1) is 0 Å². The average Bonchev–Trinajstić information content (AvgIpc) is 3.63. The monoisotopic (exact) mass is 438 g/mol. The summed E-state index contributed by atoms with van der Waals surface area (Å²) < 4.78 is 0. The molecule has 1 saturated carbocycles. The van der Waals surface area contributed by atoms with Crippen LogP contribution in [0, 0.1) is 5.41 Å². The third-order valence-corrected chi connectivity index (χ3v) is 11.9. The van der Waals surface area contributed by atoms with Crippen LogP contribution in [0.15, 0.2) is 121 Å². The number of hydrogen-bond acceptors (Lipinski definition) is 0. The molecule has 0 radical (unpaired) electrons. The van der Waals surface area contributed by atoms with Gasteiger partial charge >= 0.3 is 0 Å². The molecule has 4 aromatic rings. The first-order valence-corrected chi connectivity index (χ1v) is 14.1. The van der Waals surface area contributed by atoms with Gasteiger partial charge in [-0.2, -0.15) is 0 Å². The third-order valence-electron chi connectivity index (χ3n) is 6.22. The molecule has 4 aromatic carbocycles. The molecule has 0 spiro atoms. The molecule has 0 N–H and O–H groups in total. The van der Waals surface area contributed by atoms with Crippen LogP contribution in [0.4, 0.5) is 0 Å². The lowest BCUT2D eigenvalue weighted by Gasteiger charge is -2.29. The van der Waals surface area contributed by atoms with E-state index in [0.29, 0.717) is 5.41 Å². The van der Waals surface area contributed by atoms with Gasteiger partial charge in [0, 0.05) is 0 Å². The Hall–Kier alpha value is -2.26. The van der Waals surface area contributed by atoms with Crippen LogP contribution in [-0.4, -0.2) is 12.3 Å². The molecule has 5 rings (SSSR count). The van der Waals surface area contributed by atoms with Crippen molar-refractivity contribution in [2.24, 2.45) is 5.41 Å². The first-order chi connectivity index (χ1) is 15.3. The van der Waals surface area contributed by atoms with E-state index in [4.69, 9.17) is 0 Å². The van der Waals surface area contributed by atoms with Gasteiger partial charge in [0.2, 0.25) is 0 Å². The Bertz CT molecular complexity index is 909. The Balaban J connectivity index is 1.46. The zero-order chi connectivity index (χ0) is 20.9. The molecule has 31 heavy (non-hydrogen) atoms. The van der Waals surface area contributed by atoms with Crippen molar-refractivity contribution in [1.29, 1.82) is 0 Å². The quantitative estimate of drug-likeness (QED) is 0.295. The van der Waals surface area contributed by atoms with E-state index in [-0.39, 0.29) is 15.8 Å². The Morgan fingerprint density at radius 1 is 0.419 bits per heavy atom. The van der Waals surface area contributed by atoms with E-state index >= 15 is 0 Å². The van der Waals surface area contributed by atoms with E-state index in [1.165, 1.54) is 46.4 Å². The van der Waals surface area contributed by atoms with Gasteiger partial charge in [-0.05, 0) is 67.6 Å². The highest BCUT2D eigenvalue weighted by Crippen LogP contribution is 2.59. The predicted octanol–water partition coefficient (Wildman–Crippen LogP) is 6.03. The summed E-state index contributed by atoms with van der Waals surface area (Å²) in [6.45, 7) is 0. The zero-order valence-electron chi connectivity index (χ0n) is 17.8. The second kappa shape index (κ2) is 9.48. The first kappa shape index (κ1) is 20.6. The minimum Gasteiger partial charge on any atom is -0.0622 e. The van der Waals surface area contributed by atoms with Crippen molar-refractivity contribution >= 4 is 37.1 Å². The summed E-state index contributed by atoms with van der Waals surface area (Å²) in [7, 11) is -0.669. The van der Waals surface area contributed by atoms with Crippen LogP contribution < -0.4 is 21.2 Å². The van der Waals surface area contributed by atoms with Gasteiger partial charge in [0.05, 0.1) is 0 Å². The molecule has 0 heterocycles. The maximum absolute atomic E-state index is 2.34. The first-order valence-electron chi connectivity index (χ1n) is 11.1. The van der Waals surface area contributed by atoms with E-state index in [1.54, 1.807) is 0 Å². The van der Waals surface area contributed by atoms with Crippen molar-refractivity contribution in [2.75, 3.05) is 12.3 Å². The van der Waals surface area contributed by atoms with Gasteiger partial charge in [-0.3, -0.25) is 0 Å². The van der Waals surface area contributed by atoms with Gasteiger partial charge in [0.1, 0.15) is 0 Å². The Kier molecular flexibility index (Phi) is 6.31. The fraction of sp³-hybridized carbons (Fsp3) is 0.172. The lowest BCUT2D eigenvalue weighted by molar-refractivity contribution is 0.674. The van der Waals surface area contributed by atoms with Gasteiger partial charge < -0.3 is 0 Å². The van der Waals surface area contributed by atoms with Crippen LogP contribution >= 0.6 is 15.8 Å². The molecule has 0 unspecified atom stereocenters. The lowest BCUT2D eigenvalue weighted by Crippen LogP contribution is -2.24. The maximum Gasteiger partial charge on any atom is -0.0185 e. The molecule has 1 aliphatic rings. The van der Waals surface area contributed by atoms with Crippen molar-refractivity contribution < 1.29 is 0 Å². The van der Waals surface area contributed by atoms with Gasteiger partial charge in [0.15, 0.2) is 0 Å². The van der Waals surface area contributed by atoms with Crippen molar-refractivity contribution in [1.82, 2.24) is 0 Å². The van der Waals surface area contributed by atoms with Crippen LogP contribution in [0.2, 0.25) is 0 Å². The van der Waals surface area contributed by atoms with Gasteiger partial charge in [0.25, 0.3) is 0 Å². The summed E-state index contributed by atoms with van der Waals surface area (Å²) in [6.07, 6.45) is 5.33. The fourth-order valence-corrected chi connectivity index (χ4v) is 10.1. The molecule has 0 bridgehead atoms. The summed E-state index contributed by atoms with van der Waals surface area (Å²) in [4.78, 5) is 0. The van der Waals surface area contributed by atoms with Crippen LogP contribution in [0.25, 0.3) is 0 Å². The summed E-state index contributed by atoms with van der Waals surface area (Å²) in [5.41, 5.74) is 0.467. The van der Waals surface area contributed by atoms with E-state index in [1.807, 2.05) is 0 Å². The summed E-state index contributed by atoms with van der Waals surface area (Å²) in [5, 5.41) is 6.05. The van der Waals surface area contributed by atoms with Crippen LogP contribution in [0.5, 0.6) is 0 Å². The largest absolute Gasteiger partial charge is 0.0622 e. The van der Waals surface area contributed by atoms with E-state index in [9.17, 15) is 0 Å². The van der Waals surface area contributed by atoms with E-state index in [0.717, 1.165) is 0 Å². The van der Waals surface area contributed by atoms with Crippen LogP contribution in [0.3, 0.4) is 0 Å². The van der Waals surface area contributed by atoms with Gasteiger partial charge in [-0.25, -0.2) is 0 Å². The molecule has 0 saturated heterocycles. The average molecular weight is 438 g/mol. The van der Waals surface area contributed by atoms with E-state index < -0.39 is 0 Å². The second-order valence-electron chi connectivity index (χ2n) is 8.51. The normalized spacial score (nSPS) is 14.6. The highest BCUT2D eigenvalue weighted by atomic mass is 31.1. The maximum atomic E-state index is 2.34. The molecule has 0 aliphatic heterocycles. The van der Waals surface area contributed by atoms with Crippen molar-refractivity contribution in [2.45, 2.75) is 12.8 Å². The molecule has 0 atom stereocenters. The van der Waals surface area contributed by atoms with Crippen LogP contribution in [-0.2, 0) is 0 Å². The number of benzene rings is 4. The molecular weight excluding hydrogens is 410 g/mol. The number of hydrogen-bond donors (Lipinski definition) is 0. The molecule has 154 valence electrons. The minimum atomic E-state index is -0.334. The molecule has 1 fully saturated rings. The second-order valence-corrected chi connectivity index (χ2v) is 12.9. The molecule has 0 amide bonds. The van der Waals surface area contributed by atoms with Crippen LogP contribution in [0.1, 0.15) is 12.8 Å². The molecule has 2 heteroatoms. The third kappa shape index (κ3) is 4.98. The standard InChI is InChI=1S/C29H28P2/c1-5-13-25(14-6-1)30(26-15-7-2-8-16-26)23-29(21-22-29)24-31(27-17-9-3-10-18-27)28-19-11-4-12-20-28/h1-20H,21-24H2. The predicted molar refractivity (Wildman–Crippen MR) is 140 cm³/mol. The molecule has 1 aliphatic carbocycles. The zero-order valence-corrected chi connectivity index (χ0v) is 19.6. The molecular formula is C29H28P2. The SMILES string of the molecule is c1ccc(P(CC2(CP(c3ccccc3)c3ccccc3)CC2)c2ccccc2)cc1. The van der Waals surface area contributed by atoms with E-state index in [2.05, 4.69) is 121 Å². The molecule has 0 aromatic heterocycles. The summed E-state index contributed by atoms with van der Waals surface area (Å²) >= 11 is 0. The summed E-state index contributed by atoms with van der Waals surface area (Å²) in [6, 6.07) is 44.9. The van der Waals surface area contributed by atoms with Gasteiger partial charge in [-0.1, -0.05) is 121 Å². The smallest absolute Gasteiger partial charge is 0.0185 e. The Labute approximate surface area is 188 Å². The Morgan fingerprint density at radius 2 is 0.677 bits per heavy atom. The number of rotatable bonds is 8. The lowest BCUT2D eigenvalue weighted by atomic mass is 10.2. The topological polar surface area (TPSA) is 0 Å². The van der Waals surface area contributed by atoms with Crippen molar-refractivity contribution in [3.05, 3.63) is 121 Å². The summed E-state index contributed by atoms with van der Waals surface area (Å²) in [5.74, 6) is 0. The highest BCUT2D eigenvalue weighted by molar-refractivity contribution is 7.74. The molecule has 0 nitrogen and oxygen atoms in total. The Morgan fingerprint density at radius 3 is 0.903 bits per heavy atom. The highest BCUT2D eigenvalue weighted by Gasteiger charge is 2.46. The van der Waals surface area contributed by atoms with Crippen molar-refractivity contribution in [3.8, 4) is 0 Å². The fourth-order valence-electron chi connectivity index (χ4n) is 4.31.